The summed E-state index contributed by atoms with van der Waals surface area (Å²) in [6, 6.07) is 13.5. The Morgan fingerprint density at radius 1 is 0.975 bits per heavy atom. The number of alkyl halides is 2. The minimum absolute atomic E-state index is 0.214. The molecule has 0 amide bonds. The highest BCUT2D eigenvalue weighted by Crippen LogP contribution is 2.55. The smallest absolute Gasteiger partial charge is 0.310 e. The Balaban J connectivity index is 1.91. The van der Waals surface area contributed by atoms with Gasteiger partial charge in [0.25, 0.3) is 0 Å². The van der Waals surface area contributed by atoms with Crippen molar-refractivity contribution in [1.29, 1.82) is 0 Å². The number of aliphatic carboxylic acids is 1. The molecule has 0 aromatic heterocycles. The minimum Gasteiger partial charge on any atom is -0.493 e. The Bertz CT molecular complexity index is 1160. The van der Waals surface area contributed by atoms with E-state index in [0.717, 1.165) is 12.8 Å². The average Bonchev–Trinajstić information content (AvgIpc) is 2.87. The lowest BCUT2D eigenvalue weighted by Gasteiger charge is -2.44. The lowest BCUT2D eigenvalue weighted by atomic mass is 9.61. The molecular formula is C32H40F2O6. The summed E-state index contributed by atoms with van der Waals surface area (Å²) < 4.78 is 39.1. The number of rotatable bonds is 16. The maximum atomic E-state index is 13.8. The molecular weight excluding hydrogens is 518 g/mol. The molecule has 8 heteroatoms. The van der Waals surface area contributed by atoms with Crippen LogP contribution in [0.1, 0.15) is 93.6 Å². The molecule has 1 fully saturated rings. The van der Waals surface area contributed by atoms with E-state index in [1.807, 2.05) is 37.3 Å². The largest absolute Gasteiger partial charge is 0.493 e. The van der Waals surface area contributed by atoms with Crippen molar-refractivity contribution in [1.82, 2.24) is 0 Å². The van der Waals surface area contributed by atoms with Crippen LogP contribution in [-0.2, 0) is 16.0 Å². The van der Waals surface area contributed by atoms with Gasteiger partial charge in [0.2, 0.25) is 5.92 Å². The number of benzene rings is 2. The summed E-state index contributed by atoms with van der Waals surface area (Å²) in [6.45, 7) is 7.55. The van der Waals surface area contributed by atoms with Crippen molar-refractivity contribution >= 4 is 17.5 Å². The normalized spacial score (nSPS) is 16.9. The molecule has 0 spiro atoms. The van der Waals surface area contributed by atoms with Gasteiger partial charge in [0.05, 0.1) is 18.6 Å². The number of Topliss-reactive ketones (excluding diaryl/α,β-unsaturated/α-hetero) is 2. The molecule has 0 radical (unpaired) electrons. The molecule has 1 saturated carbocycles. The molecule has 6 nitrogen and oxygen atoms in total. The Hall–Kier alpha value is -3.29. The summed E-state index contributed by atoms with van der Waals surface area (Å²) in [5, 5.41) is 9.77. The zero-order valence-electron chi connectivity index (χ0n) is 23.8. The third kappa shape index (κ3) is 7.46. The van der Waals surface area contributed by atoms with E-state index in [1.165, 1.54) is 12.5 Å². The van der Waals surface area contributed by atoms with Crippen molar-refractivity contribution < 1.29 is 37.7 Å². The lowest BCUT2D eigenvalue weighted by molar-refractivity contribution is -0.196. The van der Waals surface area contributed by atoms with Gasteiger partial charge in [0.1, 0.15) is 22.8 Å². The van der Waals surface area contributed by atoms with Crippen molar-refractivity contribution in [2.24, 2.45) is 11.3 Å². The van der Waals surface area contributed by atoms with E-state index >= 15 is 0 Å². The van der Waals surface area contributed by atoms with Crippen LogP contribution in [0.3, 0.4) is 0 Å². The van der Waals surface area contributed by atoms with Gasteiger partial charge in [-0.25, -0.2) is 8.78 Å². The van der Waals surface area contributed by atoms with Gasteiger partial charge in [-0.15, -0.1) is 0 Å². The van der Waals surface area contributed by atoms with Crippen molar-refractivity contribution in [2.45, 2.75) is 84.5 Å². The number of unbranched alkanes of at least 4 members (excludes halogenated alkanes) is 1. The number of hydrogen-bond acceptors (Lipinski definition) is 5. The molecule has 0 saturated heterocycles. The Labute approximate surface area is 235 Å². The number of carbonyl (C=O) groups is 3. The van der Waals surface area contributed by atoms with Crippen LogP contribution in [0.2, 0.25) is 0 Å². The topological polar surface area (TPSA) is 89.9 Å². The summed E-state index contributed by atoms with van der Waals surface area (Å²) in [7, 11) is 0. The quantitative estimate of drug-likeness (QED) is 0.172. The first kappa shape index (κ1) is 31.2. The van der Waals surface area contributed by atoms with E-state index in [2.05, 4.69) is 0 Å². The van der Waals surface area contributed by atoms with E-state index in [9.17, 15) is 28.3 Å². The van der Waals surface area contributed by atoms with Crippen molar-refractivity contribution in [3.63, 3.8) is 0 Å². The molecule has 3 rings (SSSR count). The average molecular weight is 559 g/mol. The number of aryl methyl sites for hydroxylation is 1. The van der Waals surface area contributed by atoms with Gasteiger partial charge >= 0.3 is 5.97 Å². The molecule has 2 aromatic rings. The minimum atomic E-state index is -3.07. The highest BCUT2D eigenvalue weighted by atomic mass is 19.3. The first-order valence-electron chi connectivity index (χ1n) is 14.1. The van der Waals surface area contributed by atoms with E-state index in [0.29, 0.717) is 48.7 Å². The first-order chi connectivity index (χ1) is 18.9. The maximum Gasteiger partial charge on any atom is 0.310 e. The molecule has 2 atom stereocenters. The first-order valence-corrected chi connectivity index (χ1v) is 14.1. The molecule has 1 aliphatic carbocycles. The lowest BCUT2D eigenvalue weighted by Crippen LogP contribution is -2.52. The fraction of sp³-hybridized carbons (Fsp3) is 0.531. The summed E-state index contributed by atoms with van der Waals surface area (Å²) >= 11 is 0. The number of ether oxygens (including phenoxy) is 2. The van der Waals surface area contributed by atoms with Crippen LogP contribution >= 0.6 is 0 Å². The molecule has 2 aromatic carbocycles. The summed E-state index contributed by atoms with van der Waals surface area (Å²) in [6.07, 6.45) is 0.736. The van der Waals surface area contributed by atoms with Gasteiger partial charge in [-0.3, -0.25) is 14.4 Å². The zero-order chi connectivity index (χ0) is 29.5. The fourth-order valence-electron chi connectivity index (χ4n) is 5.77. The maximum absolute atomic E-state index is 13.8. The highest BCUT2D eigenvalue weighted by Gasteiger charge is 2.62. The fourth-order valence-corrected chi connectivity index (χ4v) is 5.77. The van der Waals surface area contributed by atoms with Gasteiger partial charge in [-0.2, -0.15) is 0 Å². The van der Waals surface area contributed by atoms with Gasteiger partial charge in [0.15, 0.2) is 5.78 Å². The molecule has 1 aliphatic rings. The van der Waals surface area contributed by atoms with E-state index in [1.54, 1.807) is 26.0 Å². The Morgan fingerprint density at radius 3 is 2.02 bits per heavy atom. The Morgan fingerprint density at radius 2 is 1.55 bits per heavy atom. The second kappa shape index (κ2) is 13.4. The number of carbonyl (C=O) groups excluding carboxylic acids is 2. The number of ketones is 2. The van der Waals surface area contributed by atoms with Crippen LogP contribution in [0.15, 0.2) is 42.5 Å². The predicted molar refractivity (Wildman–Crippen MR) is 149 cm³/mol. The predicted octanol–water partition coefficient (Wildman–Crippen LogP) is 7.28. The molecule has 1 N–H and O–H groups in total. The number of carboxylic acids is 1. The monoisotopic (exact) mass is 558 g/mol. The van der Waals surface area contributed by atoms with Crippen molar-refractivity contribution in [3.8, 4) is 11.5 Å². The number of carboxylic acid groups (broad SMARTS) is 1. The SMILES string of the molecule is CCOc1cc(C(C)C(CCCCc2ccccc2)C(=O)CC2(C(=O)O)CC(F)(F)C2)cc(OCC)c1C(C)=O. The second-order valence-electron chi connectivity index (χ2n) is 10.9. The standard InChI is InChI=1S/C32H40F2O6/c1-5-39-27-16-24(17-28(40-6-2)29(27)22(4)35)21(3)25(15-11-10-14-23-12-8-7-9-13-23)26(36)18-31(30(37)38)19-32(33,34)20-31/h7-9,12-13,16-17,21,25H,5-6,10-11,14-15,18-20H2,1-4H3,(H,37,38). The molecule has 0 heterocycles. The van der Waals surface area contributed by atoms with Crippen LogP contribution in [0.5, 0.6) is 11.5 Å². The summed E-state index contributed by atoms with van der Waals surface area (Å²) in [4.78, 5) is 38.1. The van der Waals surface area contributed by atoms with Crippen LogP contribution < -0.4 is 9.47 Å². The Kier molecular flexibility index (Phi) is 10.4. The molecule has 0 aliphatic heterocycles. The third-order valence-electron chi connectivity index (χ3n) is 7.82. The highest BCUT2D eigenvalue weighted by molar-refractivity contribution is 6.00. The second-order valence-corrected chi connectivity index (χ2v) is 10.9. The summed E-state index contributed by atoms with van der Waals surface area (Å²) in [5.41, 5.74) is 0.477. The zero-order valence-corrected chi connectivity index (χ0v) is 23.8. The third-order valence-corrected chi connectivity index (χ3v) is 7.82. The molecule has 2 unspecified atom stereocenters. The van der Waals surface area contributed by atoms with E-state index in [4.69, 9.17) is 9.47 Å². The van der Waals surface area contributed by atoms with Crippen molar-refractivity contribution in [3.05, 3.63) is 59.2 Å². The van der Waals surface area contributed by atoms with E-state index < -0.39 is 48.4 Å². The molecule has 40 heavy (non-hydrogen) atoms. The van der Waals surface area contributed by atoms with Crippen LogP contribution in [0, 0.1) is 11.3 Å². The van der Waals surface area contributed by atoms with Gasteiger partial charge in [-0.05, 0) is 69.2 Å². The van der Waals surface area contributed by atoms with Gasteiger partial charge in [-0.1, -0.05) is 43.7 Å². The molecule has 218 valence electrons. The number of halogens is 2. The van der Waals surface area contributed by atoms with Gasteiger partial charge in [0, 0.05) is 25.2 Å². The van der Waals surface area contributed by atoms with Crippen LogP contribution in [0.4, 0.5) is 8.78 Å². The van der Waals surface area contributed by atoms with Crippen LogP contribution in [0.25, 0.3) is 0 Å². The van der Waals surface area contributed by atoms with Crippen molar-refractivity contribution in [2.75, 3.05) is 13.2 Å². The van der Waals surface area contributed by atoms with Crippen LogP contribution in [-0.4, -0.2) is 41.8 Å². The number of hydrogen-bond donors (Lipinski definition) is 1. The van der Waals surface area contributed by atoms with Gasteiger partial charge < -0.3 is 14.6 Å². The van der Waals surface area contributed by atoms with E-state index in [-0.39, 0.29) is 11.6 Å². The summed E-state index contributed by atoms with van der Waals surface area (Å²) in [5.74, 6) is -5.26. The molecule has 0 bridgehead atoms.